The number of rotatable bonds is 2. The Balaban J connectivity index is 2.48. The molecule has 1 aliphatic heterocycles. The Morgan fingerprint density at radius 3 is 2.60 bits per heavy atom. The van der Waals surface area contributed by atoms with Gasteiger partial charge in [0.25, 0.3) is 5.24 Å². The van der Waals surface area contributed by atoms with E-state index in [1.165, 1.54) is 0 Å². The van der Waals surface area contributed by atoms with Gasteiger partial charge >= 0.3 is 0 Å². The molecule has 1 saturated heterocycles. The molecule has 1 heterocycles. The van der Waals surface area contributed by atoms with Crippen molar-refractivity contribution >= 4 is 22.6 Å². The summed E-state index contributed by atoms with van der Waals surface area (Å²) < 4.78 is 0. The SMILES string of the molecule is O=C(Cl)C(=O)[C@H]1CCNC1. The minimum absolute atomic E-state index is 0.176. The van der Waals surface area contributed by atoms with Gasteiger partial charge in [-0.1, -0.05) is 0 Å². The van der Waals surface area contributed by atoms with Crippen LogP contribution in [0.1, 0.15) is 6.42 Å². The van der Waals surface area contributed by atoms with Crippen molar-refractivity contribution in [3.05, 3.63) is 0 Å². The number of nitrogens with one attached hydrogen (secondary N) is 1. The van der Waals surface area contributed by atoms with Crippen LogP contribution in [0.4, 0.5) is 0 Å². The monoisotopic (exact) mass is 161 g/mol. The second kappa shape index (κ2) is 3.12. The van der Waals surface area contributed by atoms with E-state index in [1.807, 2.05) is 0 Å². The number of ketones is 1. The van der Waals surface area contributed by atoms with E-state index in [1.54, 1.807) is 0 Å². The first kappa shape index (κ1) is 7.69. The van der Waals surface area contributed by atoms with E-state index in [2.05, 4.69) is 5.32 Å². The second-order valence-corrected chi connectivity index (χ2v) is 2.67. The fourth-order valence-corrected chi connectivity index (χ4v) is 1.19. The molecule has 4 heteroatoms. The van der Waals surface area contributed by atoms with Crippen LogP contribution in [-0.2, 0) is 9.59 Å². The number of halogens is 1. The van der Waals surface area contributed by atoms with E-state index >= 15 is 0 Å². The van der Waals surface area contributed by atoms with Gasteiger partial charge in [-0.05, 0) is 24.6 Å². The largest absolute Gasteiger partial charge is 0.316 e. The highest BCUT2D eigenvalue weighted by Crippen LogP contribution is 2.09. The molecular weight excluding hydrogens is 154 g/mol. The highest BCUT2D eigenvalue weighted by Gasteiger charge is 2.26. The van der Waals surface area contributed by atoms with Crippen LogP contribution in [0.5, 0.6) is 0 Å². The molecule has 1 N–H and O–H groups in total. The Hall–Kier alpha value is -0.410. The summed E-state index contributed by atoms with van der Waals surface area (Å²) in [6.07, 6.45) is 0.733. The third-order valence-electron chi connectivity index (χ3n) is 1.62. The Kier molecular flexibility index (Phi) is 2.40. The lowest BCUT2D eigenvalue weighted by Gasteiger charge is -1.99. The molecule has 0 saturated carbocycles. The molecule has 0 aromatic rings. The van der Waals surface area contributed by atoms with E-state index < -0.39 is 11.0 Å². The minimum Gasteiger partial charge on any atom is -0.316 e. The number of carbonyl (C=O) groups excluding carboxylic acids is 2. The molecule has 0 aromatic heterocycles. The van der Waals surface area contributed by atoms with Crippen molar-refractivity contribution < 1.29 is 9.59 Å². The Morgan fingerprint density at radius 2 is 2.20 bits per heavy atom. The van der Waals surface area contributed by atoms with Gasteiger partial charge in [-0.2, -0.15) is 0 Å². The molecule has 0 radical (unpaired) electrons. The molecular formula is C6H8ClNO2. The second-order valence-electron chi connectivity index (χ2n) is 2.33. The van der Waals surface area contributed by atoms with Crippen LogP contribution in [0.2, 0.25) is 0 Å². The summed E-state index contributed by atoms with van der Waals surface area (Å²) in [6, 6.07) is 0. The summed E-state index contributed by atoms with van der Waals surface area (Å²) in [5, 5.41) is 2.14. The molecule has 10 heavy (non-hydrogen) atoms. The summed E-state index contributed by atoms with van der Waals surface area (Å²) in [5.74, 6) is -0.628. The Morgan fingerprint density at radius 1 is 1.50 bits per heavy atom. The van der Waals surface area contributed by atoms with Crippen LogP contribution >= 0.6 is 11.6 Å². The quantitative estimate of drug-likeness (QED) is 0.456. The molecule has 1 fully saturated rings. The number of hydrogen-bond acceptors (Lipinski definition) is 3. The van der Waals surface area contributed by atoms with Gasteiger partial charge < -0.3 is 5.32 Å². The van der Waals surface area contributed by atoms with Crippen LogP contribution in [0, 0.1) is 5.92 Å². The molecule has 0 aromatic carbocycles. The average molecular weight is 162 g/mol. The van der Waals surface area contributed by atoms with E-state index in [4.69, 9.17) is 11.6 Å². The molecule has 3 nitrogen and oxygen atoms in total. The van der Waals surface area contributed by atoms with Crippen molar-refractivity contribution in [1.29, 1.82) is 0 Å². The smallest absolute Gasteiger partial charge is 0.288 e. The van der Waals surface area contributed by atoms with Crippen molar-refractivity contribution in [2.45, 2.75) is 6.42 Å². The van der Waals surface area contributed by atoms with Crippen molar-refractivity contribution in [3.8, 4) is 0 Å². The molecule has 0 bridgehead atoms. The third-order valence-corrected chi connectivity index (χ3v) is 1.81. The molecule has 1 atom stereocenters. The number of Topliss-reactive ketones (excluding diaryl/α,β-unsaturated/α-hetero) is 1. The lowest BCUT2D eigenvalue weighted by Crippen LogP contribution is -2.22. The Bertz CT molecular complexity index is 163. The fraction of sp³-hybridized carbons (Fsp3) is 0.667. The topological polar surface area (TPSA) is 46.2 Å². The Labute approximate surface area is 63.7 Å². The van der Waals surface area contributed by atoms with Gasteiger partial charge in [0.1, 0.15) is 0 Å². The van der Waals surface area contributed by atoms with Crippen molar-refractivity contribution in [1.82, 2.24) is 5.32 Å². The first-order valence-corrected chi connectivity index (χ1v) is 3.54. The van der Waals surface area contributed by atoms with Gasteiger partial charge in [-0.15, -0.1) is 0 Å². The maximum Gasteiger partial charge on any atom is 0.288 e. The average Bonchev–Trinajstić information content (AvgIpc) is 2.36. The van der Waals surface area contributed by atoms with Crippen molar-refractivity contribution in [2.24, 2.45) is 5.92 Å². The predicted molar refractivity (Wildman–Crippen MR) is 36.8 cm³/mol. The van der Waals surface area contributed by atoms with Crippen LogP contribution in [0.25, 0.3) is 0 Å². The lowest BCUT2D eigenvalue weighted by molar-refractivity contribution is -0.134. The van der Waals surface area contributed by atoms with Crippen molar-refractivity contribution in [2.75, 3.05) is 13.1 Å². The van der Waals surface area contributed by atoms with Gasteiger partial charge in [0.2, 0.25) is 5.78 Å². The maximum absolute atomic E-state index is 10.8. The first-order valence-electron chi connectivity index (χ1n) is 3.16. The minimum atomic E-state index is -0.839. The van der Waals surface area contributed by atoms with Crippen LogP contribution < -0.4 is 5.32 Å². The van der Waals surface area contributed by atoms with Crippen LogP contribution in [-0.4, -0.2) is 24.1 Å². The number of hydrogen-bond donors (Lipinski definition) is 1. The highest BCUT2D eigenvalue weighted by atomic mass is 35.5. The van der Waals surface area contributed by atoms with Gasteiger partial charge in [0.15, 0.2) is 0 Å². The zero-order valence-electron chi connectivity index (χ0n) is 5.39. The van der Waals surface area contributed by atoms with Crippen LogP contribution in [0.3, 0.4) is 0 Å². The molecule has 1 rings (SSSR count). The fourth-order valence-electron chi connectivity index (χ4n) is 1.04. The zero-order valence-corrected chi connectivity index (χ0v) is 6.15. The summed E-state index contributed by atoms with van der Waals surface area (Å²) in [5.41, 5.74) is 0. The maximum atomic E-state index is 10.8. The van der Waals surface area contributed by atoms with Gasteiger partial charge in [-0.3, -0.25) is 9.59 Å². The molecule has 0 amide bonds. The summed E-state index contributed by atoms with van der Waals surface area (Å²) >= 11 is 4.99. The lowest BCUT2D eigenvalue weighted by atomic mass is 10.1. The summed E-state index contributed by atoms with van der Waals surface area (Å²) in [4.78, 5) is 21.1. The van der Waals surface area contributed by atoms with Crippen LogP contribution in [0.15, 0.2) is 0 Å². The van der Waals surface area contributed by atoms with E-state index in [-0.39, 0.29) is 5.92 Å². The summed E-state index contributed by atoms with van der Waals surface area (Å²) in [7, 11) is 0. The molecule has 0 spiro atoms. The highest BCUT2D eigenvalue weighted by molar-refractivity contribution is 6.81. The van der Waals surface area contributed by atoms with E-state index in [9.17, 15) is 9.59 Å². The molecule has 0 aliphatic carbocycles. The first-order chi connectivity index (χ1) is 4.72. The zero-order chi connectivity index (χ0) is 7.56. The standard InChI is InChI=1S/C6H8ClNO2/c7-6(10)5(9)4-1-2-8-3-4/h4,8H,1-3H2/t4-/m0/s1. The van der Waals surface area contributed by atoms with Crippen molar-refractivity contribution in [3.63, 3.8) is 0 Å². The number of carbonyl (C=O) groups is 2. The molecule has 56 valence electrons. The van der Waals surface area contributed by atoms with E-state index in [0.717, 1.165) is 13.0 Å². The third kappa shape index (κ3) is 1.55. The van der Waals surface area contributed by atoms with Gasteiger partial charge in [0.05, 0.1) is 0 Å². The van der Waals surface area contributed by atoms with Gasteiger partial charge in [-0.25, -0.2) is 0 Å². The molecule has 0 unspecified atom stereocenters. The molecule has 1 aliphatic rings. The predicted octanol–water partition coefficient (Wildman–Crippen LogP) is -0.0696. The summed E-state index contributed by atoms with van der Waals surface area (Å²) in [6.45, 7) is 1.40. The van der Waals surface area contributed by atoms with E-state index in [0.29, 0.717) is 6.54 Å². The normalized spacial score (nSPS) is 24.7. The van der Waals surface area contributed by atoms with Gasteiger partial charge in [0, 0.05) is 12.5 Å².